The third-order valence-corrected chi connectivity index (χ3v) is 7.25. The van der Waals surface area contributed by atoms with Crippen molar-refractivity contribution in [3.05, 3.63) is 77.4 Å². The summed E-state index contributed by atoms with van der Waals surface area (Å²) in [5.74, 6) is -0.678. The summed E-state index contributed by atoms with van der Waals surface area (Å²) >= 11 is 6.00. The van der Waals surface area contributed by atoms with E-state index in [0.29, 0.717) is 5.69 Å². The number of hydrogen-bond acceptors (Lipinski definition) is 6. The first-order chi connectivity index (χ1) is 15.8. The van der Waals surface area contributed by atoms with E-state index in [4.69, 9.17) is 16.3 Å². The van der Waals surface area contributed by atoms with Crippen LogP contribution in [-0.4, -0.2) is 43.7 Å². The topological polar surface area (TPSA) is 109 Å². The number of nitrogens with zero attached hydrogens (tertiary/aromatic N) is 2. The van der Waals surface area contributed by atoms with Gasteiger partial charge in [-0.2, -0.15) is 0 Å². The van der Waals surface area contributed by atoms with Crippen LogP contribution < -0.4 is 14.4 Å². The highest BCUT2D eigenvalue weighted by molar-refractivity contribution is 7.92. The quantitative estimate of drug-likeness (QED) is 0.570. The van der Waals surface area contributed by atoms with Crippen LogP contribution in [0.5, 0.6) is 5.88 Å². The Morgan fingerprint density at radius 2 is 1.97 bits per heavy atom. The Morgan fingerprint density at radius 3 is 2.70 bits per heavy atom. The van der Waals surface area contributed by atoms with Crippen LogP contribution in [0.4, 0.5) is 11.4 Å². The average Bonchev–Trinajstić information content (AvgIpc) is 2.98. The van der Waals surface area contributed by atoms with Crippen LogP contribution in [0.2, 0.25) is 5.02 Å². The number of ether oxygens (including phenoxy) is 1. The highest BCUT2D eigenvalue weighted by atomic mass is 35.5. The molecule has 4 rings (SSSR count). The molecule has 2 aromatic carbocycles. The molecule has 10 heteroatoms. The van der Waals surface area contributed by atoms with Gasteiger partial charge in [-0.3, -0.25) is 9.10 Å². The number of aliphatic hydroxyl groups is 1. The number of hydrogen-bond donors (Lipinski definition) is 2. The van der Waals surface area contributed by atoms with E-state index in [9.17, 15) is 18.3 Å². The van der Waals surface area contributed by atoms with Gasteiger partial charge in [0, 0.05) is 5.02 Å². The van der Waals surface area contributed by atoms with Crippen molar-refractivity contribution in [3.8, 4) is 5.88 Å². The zero-order valence-electron chi connectivity index (χ0n) is 17.7. The van der Waals surface area contributed by atoms with Gasteiger partial charge in [0.05, 0.1) is 29.2 Å². The number of carbonyl (C=O) groups is 1. The highest BCUT2D eigenvalue weighted by Gasteiger charge is 2.33. The van der Waals surface area contributed by atoms with Gasteiger partial charge in [0.1, 0.15) is 18.4 Å². The van der Waals surface area contributed by atoms with Gasteiger partial charge < -0.3 is 15.2 Å². The first kappa shape index (κ1) is 23.0. The molecule has 1 aromatic heterocycles. The molecule has 2 heterocycles. The van der Waals surface area contributed by atoms with Gasteiger partial charge in [-0.1, -0.05) is 48.0 Å². The molecule has 1 aliphatic rings. The van der Waals surface area contributed by atoms with Crippen molar-refractivity contribution >= 4 is 38.9 Å². The van der Waals surface area contributed by atoms with Crippen molar-refractivity contribution in [1.82, 2.24) is 4.98 Å². The normalized spacial score (nSPS) is 16.8. The predicted octanol–water partition coefficient (Wildman–Crippen LogP) is 3.43. The van der Waals surface area contributed by atoms with E-state index in [2.05, 4.69) is 10.3 Å². The smallest absolute Gasteiger partial charge is 0.264 e. The highest BCUT2D eigenvalue weighted by Crippen LogP contribution is 2.36. The standard InChI is InChI=1S/C23H22ClN3O5S/c1-15(16-6-3-2-4-7-16)22(29)26-18-11-21-23(25-12-18)32-14-19(28)13-27(21)33(30,31)20-9-5-8-17(24)10-20/h2-12,15,19,28H,13-14H2,1H3,(H,26,29)/t15-,19+/m0/s1. The maximum Gasteiger partial charge on any atom is 0.264 e. The molecule has 0 bridgehead atoms. The summed E-state index contributed by atoms with van der Waals surface area (Å²) in [7, 11) is -4.10. The minimum atomic E-state index is -4.10. The van der Waals surface area contributed by atoms with Crippen LogP contribution in [0.1, 0.15) is 18.4 Å². The van der Waals surface area contributed by atoms with Gasteiger partial charge in [-0.15, -0.1) is 0 Å². The summed E-state index contributed by atoms with van der Waals surface area (Å²) in [5, 5.41) is 13.3. The van der Waals surface area contributed by atoms with Crippen LogP contribution in [-0.2, 0) is 14.8 Å². The van der Waals surface area contributed by atoms with E-state index in [1.54, 1.807) is 13.0 Å². The molecular weight excluding hydrogens is 466 g/mol. The van der Waals surface area contributed by atoms with Gasteiger partial charge >= 0.3 is 0 Å². The van der Waals surface area contributed by atoms with Crippen molar-refractivity contribution in [3.63, 3.8) is 0 Å². The number of nitrogens with one attached hydrogen (secondary N) is 1. The number of amides is 1. The lowest BCUT2D eigenvalue weighted by atomic mass is 10.0. The van der Waals surface area contributed by atoms with Gasteiger partial charge in [-0.05, 0) is 36.8 Å². The number of aromatic nitrogens is 1. The molecule has 0 saturated heterocycles. The van der Waals surface area contributed by atoms with E-state index in [-0.39, 0.29) is 40.5 Å². The van der Waals surface area contributed by atoms with E-state index < -0.39 is 22.0 Å². The lowest BCUT2D eigenvalue weighted by Gasteiger charge is -2.24. The third kappa shape index (κ3) is 4.95. The van der Waals surface area contributed by atoms with E-state index in [1.165, 1.54) is 30.5 Å². The number of pyridine rings is 1. The Morgan fingerprint density at radius 1 is 1.21 bits per heavy atom. The van der Waals surface area contributed by atoms with Gasteiger partial charge in [-0.25, -0.2) is 13.4 Å². The number of carbonyl (C=O) groups excluding carboxylic acids is 1. The third-order valence-electron chi connectivity index (χ3n) is 5.23. The number of rotatable bonds is 5. The van der Waals surface area contributed by atoms with Crippen molar-refractivity contribution in [2.45, 2.75) is 23.8 Å². The SMILES string of the molecule is C[C@H](C(=O)Nc1cnc2c(c1)N(S(=O)(=O)c1cccc(Cl)c1)C[C@@H](O)CO2)c1ccccc1. The largest absolute Gasteiger partial charge is 0.473 e. The second-order valence-corrected chi connectivity index (χ2v) is 9.93. The van der Waals surface area contributed by atoms with Gasteiger partial charge in [0.15, 0.2) is 0 Å². The van der Waals surface area contributed by atoms with Crippen molar-refractivity contribution in [2.75, 3.05) is 22.8 Å². The monoisotopic (exact) mass is 487 g/mol. The molecule has 1 amide bonds. The van der Waals surface area contributed by atoms with Gasteiger partial charge in [0.25, 0.3) is 10.0 Å². The molecular formula is C23H22ClN3O5S. The maximum absolute atomic E-state index is 13.4. The molecule has 0 radical (unpaired) electrons. The number of sulfonamides is 1. The van der Waals surface area contributed by atoms with Gasteiger partial charge in [0.2, 0.25) is 11.8 Å². The summed E-state index contributed by atoms with van der Waals surface area (Å²) in [4.78, 5) is 16.9. The maximum atomic E-state index is 13.4. The van der Waals surface area contributed by atoms with Crippen LogP contribution >= 0.6 is 11.6 Å². The number of anilines is 2. The molecule has 0 saturated carbocycles. The summed E-state index contributed by atoms with van der Waals surface area (Å²) in [6, 6.07) is 16.6. The molecule has 0 aliphatic carbocycles. The fourth-order valence-corrected chi connectivity index (χ4v) is 5.24. The van der Waals surface area contributed by atoms with E-state index in [0.717, 1.165) is 9.87 Å². The second-order valence-electron chi connectivity index (χ2n) is 7.63. The summed E-state index contributed by atoms with van der Waals surface area (Å²) < 4.78 is 33.4. The molecule has 8 nitrogen and oxygen atoms in total. The molecule has 172 valence electrons. The lowest BCUT2D eigenvalue weighted by molar-refractivity contribution is -0.117. The first-order valence-electron chi connectivity index (χ1n) is 10.2. The molecule has 0 fully saturated rings. The molecule has 1 aliphatic heterocycles. The molecule has 0 spiro atoms. The first-order valence-corrected chi connectivity index (χ1v) is 12.0. The van der Waals surface area contributed by atoms with Crippen LogP contribution in [0.3, 0.4) is 0 Å². The van der Waals surface area contributed by atoms with Crippen molar-refractivity contribution in [2.24, 2.45) is 0 Å². The zero-order valence-corrected chi connectivity index (χ0v) is 19.3. The minimum absolute atomic E-state index is 0.0336. The van der Waals surface area contributed by atoms with Crippen LogP contribution in [0.25, 0.3) is 0 Å². The average molecular weight is 488 g/mol. The zero-order chi connectivity index (χ0) is 23.6. The summed E-state index contributed by atoms with van der Waals surface area (Å²) in [6.07, 6.45) is 0.306. The van der Waals surface area contributed by atoms with Crippen LogP contribution in [0.15, 0.2) is 71.8 Å². The number of benzene rings is 2. The summed E-state index contributed by atoms with van der Waals surface area (Å²) in [5.41, 5.74) is 1.25. The molecule has 2 N–H and O–H groups in total. The fraction of sp³-hybridized carbons (Fsp3) is 0.217. The molecule has 2 atom stereocenters. The molecule has 33 heavy (non-hydrogen) atoms. The number of β-amino-alcohol motifs (C(OH)–C–C–N with tert-alkyl or cyclic N) is 1. The summed E-state index contributed by atoms with van der Waals surface area (Å²) in [6.45, 7) is 1.40. The lowest BCUT2D eigenvalue weighted by Crippen LogP contribution is -2.37. The second kappa shape index (κ2) is 9.38. The Hall–Kier alpha value is -3.14. The minimum Gasteiger partial charge on any atom is -0.473 e. The number of fused-ring (bicyclic) bond motifs is 1. The van der Waals surface area contributed by atoms with Crippen LogP contribution in [0, 0.1) is 0 Å². The fourth-order valence-electron chi connectivity index (χ4n) is 3.44. The Balaban J connectivity index is 1.68. The van der Waals surface area contributed by atoms with E-state index >= 15 is 0 Å². The number of aliphatic hydroxyl groups excluding tert-OH is 1. The Bertz CT molecular complexity index is 1270. The Labute approximate surface area is 196 Å². The van der Waals surface area contributed by atoms with E-state index in [1.807, 2.05) is 30.3 Å². The molecule has 3 aromatic rings. The predicted molar refractivity (Wildman–Crippen MR) is 125 cm³/mol. The molecule has 0 unspecified atom stereocenters. The van der Waals surface area contributed by atoms with Crippen molar-refractivity contribution in [1.29, 1.82) is 0 Å². The van der Waals surface area contributed by atoms with Crippen molar-refractivity contribution < 1.29 is 23.1 Å². The Kier molecular flexibility index (Phi) is 6.55. The number of halogens is 1.